The molecule has 1 atom stereocenters. The van der Waals surface area contributed by atoms with E-state index in [9.17, 15) is 19.2 Å². The molecule has 1 unspecified atom stereocenters. The van der Waals surface area contributed by atoms with Crippen LogP contribution in [0.15, 0.2) is 0 Å². The standard InChI is InChI=1S/C19H32O8/c1-5-9-15(20)24-13-14(25-16(21)10-6-2)19(26-17(22)11-7-3)27-18(23)12-8-4/h14,19H,5-13H2,1-4H3. The molecule has 8 nitrogen and oxygen atoms in total. The van der Waals surface area contributed by atoms with E-state index < -0.39 is 36.3 Å². The molecule has 0 rings (SSSR count). The van der Waals surface area contributed by atoms with Crippen LogP contribution >= 0.6 is 0 Å². The van der Waals surface area contributed by atoms with Crippen molar-refractivity contribution < 1.29 is 38.1 Å². The lowest BCUT2D eigenvalue weighted by molar-refractivity contribution is -0.220. The first-order chi connectivity index (χ1) is 12.9. The van der Waals surface area contributed by atoms with Crippen molar-refractivity contribution in [3.8, 4) is 0 Å². The summed E-state index contributed by atoms with van der Waals surface area (Å²) in [4.78, 5) is 47.3. The average Bonchev–Trinajstić information content (AvgIpc) is 2.59. The lowest BCUT2D eigenvalue weighted by atomic mass is 10.3. The Morgan fingerprint density at radius 2 is 0.963 bits per heavy atom. The molecule has 8 heteroatoms. The molecule has 27 heavy (non-hydrogen) atoms. The van der Waals surface area contributed by atoms with Crippen LogP contribution in [0.5, 0.6) is 0 Å². The summed E-state index contributed by atoms with van der Waals surface area (Å²) in [5.74, 6) is -2.23. The van der Waals surface area contributed by atoms with E-state index in [0.717, 1.165) is 0 Å². The molecule has 0 aliphatic heterocycles. The molecule has 0 heterocycles. The van der Waals surface area contributed by atoms with Gasteiger partial charge in [-0.2, -0.15) is 0 Å². The molecular weight excluding hydrogens is 356 g/mol. The van der Waals surface area contributed by atoms with E-state index in [2.05, 4.69) is 0 Å². The second-order valence-electron chi connectivity index (χ2n) is 6.06. The van der Waals surface area contributed by atoms with Crippen LogP contribution in [0.2, 0.25) is 0 Å². The largest absolute Gasteiger partial charge is 0.461 e. The Bertz CT molecular complexity index is 454. The molecule has 0 fully saturated rings. The quantitative estimate of drug-likeness (QED) is 0.254. The number of ether oxygens (including phenoxy) is 4. The van der Waals surface area contributed by atoms with Crippen LogP contribution < -0.4 is 0 Å². The highest BCUT2D eigenvalue weighted by Gasteiger charge is 2.33. The first-order valence-electron chi connectivity index (χ1n) is 9.61. The van der Waals surface area contributed by atoms with Crippen molar-refractivity contribution in [2.24, 2.45) is 0 Å². The van der Waals surface area contributed by atoms with Gasteiger partial charge in [-0.15, -0.1) is 0 Å². The van der Waals surface area contributed by atoms with E-state index in [1.807, 2.05) is 6.92 Å². The summed E-state index contributed by atoms with van der Waals surface area (Å²) in [7, 11) is 0. The van der Waals surface area contributed by atoms with E-state index in [0.29, 0.717) is 25.7 Å². The fourth-order valence-electron chi connectivity index (χ4n) is 2.01. The molecule has 0 aliphatic rings. The number of hydrogen-bond donors (Lipinski definition) is 0. The van der Waals surface area contributed by atoms with Crippen LogP contribution in [-0.2, 0) is 38.1 Å². The van der Waals surface area contributed by atoms with Crippen molar-refractivity contribution >= 4 is 23.9 Å². The van der Waals surface area contributed by atoms with Gasteiger partial charge in [0.05, 0.1) is 0 Å². The first kappa shape index (κ1) is 24.9. The highest BCUT2D eigenvalue weighted by Crippen LogP contribution is 2.13. The number of carbonyl (C=O) groups excluding carboxylic acids is 4. The van der Waals surface area contributed by atoms with Gasteiger partial charge in [0.1, 0.15) is 6.61 Å². The summed E-state index contributed by atoms with van der Waals surface area (Å²) in [5.41, 5.74) is 0. The monoisotopic (exact) mass is 388 g/mol. The zero-order chi connectivity index (χ0) is 20.7. The lowest BCUT2D eigenvalue weighted by Gasteiger charge is -2.26. The summed E-state index contributed by atoms with van der Waals surface area (Å²) < 4.78 is 20.7. The van der Waals surface area contributed by atoms with Gasteiger partial charge in [-0.3, -0.25) is 19.2 Å². The fourth-order valence-corrected chi connectivity index (χ4v) is 2.01. The van der Waals surface area contributed by atoms with Crippen molar-refractivity contribution in [1.82, 2.24) is 0 Å². The highest BCUT2D eigenvalue weighted by molar-refractivity contribution is 5.72. The zero-order valence-electron chi connectivity index (χ0n) is 16.8. The molecule has 0 N–H and O–H groups in total. The Kier molecular flexibility index (Phi) is 13.8. The molecule has 0 saturated carbocycles. The Morgan fingerprint density at radius 1 is 0.593 bits per heavy atom. The maximum Gasteiger partial charge on any atom is 0.308 e. The van der Waals surface area contributed by atoms with Gasteiger partial charge < -0.3 is 18.9 Å². The number of carbonyl (C=O) groups is 4. The van der Waals surface area contributed by atoms with Crippen LogP contribution in [-0.4, -0.2) is 42.9 Å². The van der Waals surface area contributed by atoms with Crippen LogP contribution in [0.25, 0.3) is 0 Å². The highest BCUT2D eigenvalue weighted by atomic mass is 16.7. The molecule has 0 spiro atoms. The van der Waals surface area contributed by atoms with Crippen LogP contribution in [0.4, 0.5) is 0 Å². The predicted molar refractivity (Wildman–Crippen MR) is 96.4 cm³/mol. The van der Waals surface area contributed by atoms with Crippen molar-refractivity contribution in [1.29, 1.82) is 0 Å². The lowest BCUT2D eigenvalue weighted by Crippen LogP contribution is -2.42. The summed E-state index contributed by atoms with van der Waals surface area (Å²) in [6, 6.07) is 0. The Hall–Kier alpha value is -2.12. The SMILES string of the molecule is CCCC(=O)OCC(OC(=O)CCC)C(OC(=O)CCC)OC(=O)CCC. The molecule has 0 bridgehead atoms. The summed E-state index contributed by atoms with van der Waals surface area (Å²) in [6.07, 6.45) is 0.130. The maximum atomic E-state index is 11.9. The fraction of sp³-hybridized carbons (Fsp3) is 0.789. The molecular formula is C19H32O8. The van der Waals surface area contributed by atoms with Gasteiger partial charge in [-0.1, -0.05) is 27.7 Å². The second kappa shape index (κ2) is 15.0. The molecule has 0 aliphatic carbocycles. The zero-order valence-corrected chi connectivity index (χ0v) is 16.8. The smallest absolute Gasteiger partial charge is 0.308 e. The van der Waals surface area contributed by atoms with E-state index in [4.69, 9.17) is 18.9 Å². The molecule has 0 saturated heterocycles. The van der Waals surface area contributed by atoms with Crippen molar-refractivity contribution in [3.63, 3.8) is 0 Å². The van der Waals surface area contributed by atoms with Gasteiger partial charge in [-0.25, -0.2) is 0 Å². The summed E-state index contributed by atoms with van der Waals surface area (Å²) in [6.45, 7) is 6.85. The van der Waals surface area contributed by atoms with Crippen LogP contribution in [0, 0.1) is 0 Å². The van der Waals surface area contributed by atoms with E-state index in [1.165, 1.54) is 0 Å². The normalized spacial score (nSPS) is 11.6. The van der Waals surface area contributed by atoms with Crippen molar-refractivity contribution in [2.45, 2.75) is 91.5 Å². The second-order valence-corrected chi connectivity index (χ2v) is 6.06. The third-order valence-electron chi connectivity index (χ3n) is 3.31. The molecule has 0 radical (unpaired) electrons. The Balaban J connectivity index is 5.27. The van der Waals surface area contributed by atoms with E-state index in [1.54, 1.807) is 20.8 Å². The first-order valence-corrected chi connectivity index (χ1v) is 9.61. The molecule has 156 valence electrons. The van der Waals surface area contributed by atoms with E-state index >= 15 is 0 Å². The Morgan fingerprint density at radius 3 is 1.37 bits per heavy atom. The van der Waals surface area contributed by atoms with E-state index in [-0.39, 0.29) is 32.3 Å². The number of esters is 4. The van der Waals surface area contributed by atoms with Crippen LogP contribution in [0.3, 0.4) is 0 Å². The van der Waals surface area contributed by atoms with Gasteiger partial charge in [0.2, 0.25) is 6.10 Å². The van der Waals surface area contributed by atoms with Gasteiger partial charge in [0.25, 0.3) is 6.29 Å². The minimum atomic E-state index is -1.46. The van der Waals surface area contributed by atoms with Crippen molar-refractivity contribution in [2.75, 3.05) is 6.61 Å². The number of hydrogen-bond acceptors (Lipinski definition) is 8. The van der Waals surface area contributed by atoms with Gasteiger partial charge in [0, 0.05) is 25.7 Å². The molecule has 0 aromatic rings. The van der Waals surface area contributed by atoms with Gasteiger partial charge in [0.15, 0.2) is 0 Å². The van der Waals surface area contributed by atoms with Crippen molar-refractivity contribution in [3.05, 3.63) is 0 Å². The maximum absolute atomic E-state index is 11.9. The van der Waals surface area contributed by atoms with Crippen LogP contribution in [0.1, 0.15) is 79.1 Å². The average molecular weight is 388 g/mol. The molecule has 0 amide bonds. The summed E-state index contributed by atoms with van der Waals surface area (Å²) >= 11 is 0. The minimum Gasteiger partial charge on any atom is -0.461 e. The van der Waals surface area contributed by atoms with Gasteiger partial charge >= 0.3 is 23.9 Å². The molecule has 0 aromatic heterocycles. The Labute approximate surface area is 160 Å². The third kappa shape index (κ3) is 12.0. The minimum absolute atomic E-state index is 0.118. The topological polar surface area (TPSA) is 105 Å². The third-order valence-corrected chi connectivity index (χ3v) is 3.31. The van der Waals surface area contributed by atoms with Gasteiger partial charge in [-0.05, 0) is 25.7 Å². The number of rotatable bonds is 14. The summed E-state index contributed by atoms with van der Waals surface area (Å²) in [5, 5.41) is 0. The predicted octanol–water partition coefficient (Wildman–Crippen LogP) is 3.05. The molecule has 0 aromatic carbocycles.